The van der Waals surface area contributed by atoms with Crippen molar-refractivity contribution in [2.45, 2.75) is 19.4 Å². The van der Waals surface area contributed by atoms with E-state index in [4.69, 9.17) is 26.3 Å². The molecule has 0 aliphatic carbocycles. The molecule has 96 valence electrons. The molecule has 1 N–H and O–H groups in total. The molecule has 0 aliphatic heterocycles. The van der Waals surface area contributed by atoms with Crippen LogP contribution in [0.5, 0.6) is 11.5 Å². The number of hydrogen-bond acceptors (Lipinski definition) is 5. The first-order valence-corrected chi connectivity index (χ1v) is 5.39. The molecule has 0 amide bonds. The van der Waals surface area contributed by atoms with Crippen LogP contribution in [-0.2, 0) is 4.79 Å². The molecule has 0 fully saturated rings. The number of aliphatic hydroxyl groups is 1. The van der Waals surface area contributed by atoms with E-state index in [0.717, 1.165) is 0 Å². The first-order valence-electron chi connectivity index (χ1n) is 5.02. The van der Waals surface area contributed by atoms with Crippen molar-refractivity contribution in [2.75, 3.05) is 7.11 Å². The van der Waals surface area contributed by atoms with E-state index in [1.54, 1.807) is 0 Å². The first-order chi connectivity index (χ1) is 8.29. The summed E-state index contributed by atoms with van der Waals surface area (Å²) >= 11 is 5.90. The van der Waals surface area contributed by atoms with Crippen LogP contribution in [0, 0.1) is 11.3 Å². The van der Waals surface area contributed by atoms with E-state index in [9.17, 15) is 9.90 Å². The molecule has 0 atom stereocenters. The predicted molar refractivity (Wildman–Crippen MR) is 64.7 cm³/mol. The number of esters is 1. The van der Waals surface area contributed by atoms with E-state index in [1.165, 1.54) is 33.1 Å². The van der Waals surface area contributed by atoms with E-state index in [-0.39, 0.29) is 22.1 Å². The SMILES string of the molecule is COc1cc(C#N)cc(Cl)c1OC(=O)C(C)(C)O. The van der Waals surface area contributed by atoms with E-state index in [2.05, 4.69) is 0 Å². The van der Waals surface area contributed by atoms with Crippen molar-refractivity contribution in [1.29, 1.82) is 5.26 Å². The Bertz CT molecular complexity index is 514. The molecule has 18 heavy (non-hydrogen) atoms. The van der Waals surface area contributed by atoms with Crippen LogP contribution in [0.2, 0.25) is 5.02 Å². The monoisotopic (exact) mass is 269 g/mol. The minimum absolute atomic E-state index is 0.0229. The van der Waals surface area contributed by atoms with Crippen molar-refractivity contribution in [3.63, 3.8) is 0 Å². The van der Waals surface area contributed by atoms with Crippen LogP contribution >= 0.6 is 11.6 Å². The maximum absolute atomic E-state index is 11.6. The Labute approximate surface area is 109 Å². The van der Waals surface area contributed by atoms with Gasteiger partial charge in [0.1, 0.15) is 0 Å². The number of methoxy groups -OCH3 is 1. The van der Waals surface area contributed by atoms with Gasteiger partial charge in [0.25, 0.3) is 0 Å². The fourth-order valence-electron chi connectivity index (χ4n) is 1.10. The highest BCUT2D eigenvalue weighted by Gasteiger charge is 2.28. The number of halogens is 1. The summed E-state index contributed by atoms with van der Waals surface area (Å²) in [5, 5.41) is 18.3. The molecule has 1 aromatic rings. The summed E-state index contributed by atoms with van der Waals surface area (Å²) in [6.45, 7) is 2.58. The second kappa shape index (κ2) is 5.25. The van der Waals surface area contributed by atoms with Crippen LogP contribution in [0.1, 0.15) is 19.4 Å². The van der Waals surface area contributed by atoms with Crippen LogP contribution in [0.15, 0.2) is 12.1 Å². The molecule has 0 unspecified atom stereocenters. The number of carbonyl (C=O) groups excluding carboxylic acids is 1. The van der Waals surface area contributed by atoms with Gasteiger partial charge < -0.3 is 14.6 Å². The molecule has 0 saturated heterocycles. The molecule has 0 spiro atoms. The minimum atomic E-state index is -1.65. The molecule has 0 saturated carbocycles. The van der Waals surface area contributed by atoms with Gasteiger partial charge in [-0.2, -0.15) is 5.26 Å². The lowest BCUT2D eigenvalue weighted by Crippen LogP contribution is -2.35. The van der Waals surface area contributed by atoms with Gasteiger partial charge in [-0.1, -0.05) is 11.6 Å². The number of hydrogen-bond donors (Lipinski definition) is 1. The molecule has 6 heteroatoms. The topological polar surface area (TPSA) is 79.5 Å². The van der Waals surface area contributed by atoms with E-state index in [1.807, 2.05) is 6.07 Å². The zero-order valence-electron chi connectivity index (χ0n) is 10.2. The maximum Gasteiger partial charge on any atom is 0.343 e. The van der Waals surface area contributed by atoms with Gasteiger partial charge in [0.05, 0.1) is 23.8 Å². The Balaban J connectivity index is 3.18. The summed E-state index contributed by atoms with van der Waals surface area (Å²) < 4.78 is 9.96. The minimum Gasteiger partial charge on any atom is -0.493 e. The van der Waals surface area contributed by atoms with Gasteiger partial charge in [-0.15, -0.1) is 0 Å². The third kappa shape index (κ3) is 3.13. The van der Waals surface area contributed by atoms with Gasteiger partial charge >= 0.3 is 5.97 Å². The lowest BCUT2D eigenvalue weighted by atomic mass is 10.1. The van der Waals surface area contributed by atoms with E-state index < -0.39 is 11.6 Å². The van der Waals surface area contributed by atoms with E-state index in [0.29, 0.717) is 0 Å². The lowest BCUT2D eigenvalue weighted by molar-refractivity contribution is -0.151. The summed E-state index contributed by atoms with van der Waals surface area (Å²) in [5.41, 5.74) is -1.37. The molecule has 5 nitrogen and oxygen atoms in total. The van der Waals surface area contributed by atoms with Gasteiger partial charge in [0.15, 0.2) is 17.1 Å². The Morgan fingerprint density at radius 3 is 2.56 bits per heavy atom. The highest BCUT2D eigenvalue weighted by molar-refractivity contribution is 6.32. The number of nitrogens with zero attached hydrogens (tertiary/aromatic N) is 1. The summed E-state index contributed by atoms with van der Waals surface area (Å²) in [4.78, 5) is 11.6. The van der Waals surface area contributed by atoms with Crippen LogP contribution in [-0.4, -0.2) is 23.8 Å². The largest absolute Gasteiger partial charge is 0.493 e. The number of nitriles is 1. The number of carbonyl (C=O) groups is 1. The van der Waals surface area contributed by atoms with Crippen molar-refractivity contribution in [1.82, 2.24) is 0 Å². The fraction of sp³-hybridized carbons (Fsp3) is 0.333. The van der Waals surface area contributed by atoms with Gasteiger partial charge in [-0.05, 0) is 19.9 Å². The Hall–Kier alpha value is -1.77. The molecular weight excluding hydrogens is 258 g/mol. The van der Waals surface area contributed by atoms with Crippen LogP contribution in [0.25, 0.3) is 0 Å². The second-order valence-corrected chi connectivity index (χ2v) is 4.46. The predicted octanol–water partition coefficient (Wildman–Crippen LogP) is 1.90. The normalized spacial score (nSPS) is 10.7. The average molecular weight is 270 g/mol. The van der Waals surface area contributed by atoms with Gasteiger partial charge in [0, 0.05) is 6.07 Å². The smallest absolute Gasteiger partial charge is 0.343 e. The number of benzene rings is 1. The van der Waals surface area contributed by atoms with Crippen LogP contribution in [0.4, 0.5) is 0 Å². The summed E-state index contributed by atoms with van der Waals surface area (Å²) in [5.74, 6) is -0.741. The van der Waals surface area contributed by atoms with Crippen molar-refractivity contribution in [3.8, 4) is 17.6 Å². The molecule has 0 radical (unpaired) electrons. The standard InChI is InChI=1S/C12H12ClNO4/c1-12(2,16)11(15)18-10-8(13)4-7(6-14)5-9(10)17-3/h4-5,16H,1-3H3. The van der Waals surface area contributed by atoms with Crippen molar-refractivity contribution in [2.24, 2.45) is 0 Å². The average Bonchev–Trinajstić information content (AvgIpc) is 2.29. The molecule has 0 aromatic heterocycles. The fourth-order valence-corrected chi connectivity index (χ4v) is 1.35. The highest BCUT2D eigenvalue weighted by atomic mass is 35.5. The van der Waals surface area contributed by atoms with Crippen LogP contribution < -0.4 is 9.47 Å². The van der Waals surface area contributed by atoms with Crippen molar-refractivity contribution < 1.29 is 19.4 Å². The summed E-state index contributed by atoms with van der Waals surface area (Å²) in [6.07, 6.45) is 0. The molecule has 0 aliphatic rings. The Kier molecular flexibility index (Phi) is 4.17. The van der Waals surface area contributed by atoms with Gasteiger partial charge in [-0.3, -0.25) is 0 Å². The van der Waals surface area contributed by atoms with Crippen LogP contribution in [0.3, 0.4) is 0 Å². The van der Waals surface area contributed by atoms with Crippen molar-refractivity contribution >= 4 is 17.6 Å². The third-order valence-corrected chi connectivity index (χ3v) is 2.33. The summed E-state index contributed by atoms with van der Waals surface area (Å²) in [7, 11) is 1.36. The first kappa shape index (κ1) is 14.3. The molecule has 1 rings (SSSR count). The van der Waals surface area contributed by atoms with Gasteiger partial charge in [0.2, 0.25) is 0 Å². The Morgan fingerprint density at radius 2 is 2.11 bits per heavy atom. The third-order valence-electron chi connectivity index (χ3n) is 2.05. The highest BCUT2D eigenvalue weighted by Crippen LogP contribution is 2.36. The number of ether oxygens (including phenoxy) is 2. The molecular formula is C12H12ClNO4. The number of rotatable bonds is 3. The second-order valence-electron chi connectivity index (χ2n) is 4.05. The van der Waals surface area contributed by atoms with E-state index >= 15 is 0 Å². The zero-order chi connectivity index (χ0) is 13.9. The van der Waals surface area contributed by atoms with Crippen molar-refractivity contribution in [3.05, 3.63) is 22.7 Å². The maximum atomic E-state index is 11.6. The lowest BCUT2D eigenvalue weighted by Gasteiger charge is -2.17. The molecule has 0 heterocycles. The molecule has 0 bridgehead atoms. The van der Waals surface area contributed by atoms with Gasteiger partial charge in [-0.25, -0.2) is 4.79 Å². The zero-order valence-corrected chi connectivity index (χ0v) is 10.9. The summed E-state index contributed by atoms with van der Waals surface area (Å²) in [6, 6.07) is 4.63. The Morgan fingerprint density at radius 1 is 1.50 bits per heavy atom. The molecule has 1 aromatic carbocycles. The quantitative estimate of drug-likeness (QED) is 0.670.